The van der Waals surface area contributed by atoms with Gasteiger partial charge in [-0.1, -0.05) is 72.8 Å². The topological polar surface area (TPSA) is 66.9 Å². The largest absolute Gasteiger partial charge is 0.323 e. The maximum atomic E-state index is 12.5. The maximum absolute atomic E-state index is 12.5. The number of hydrogen-bond donors (Lipinski definition) is 2. The van der Waals surface area contributed by atoms with Crippen LogP contribution in [0.15, 0.2) is 108 Å². The predicted octanol–water partition coefficient (Wildman–Crippen LogP) is 7.37. The van der Waals surface area contributed by atoms with E-state index < -0.39 is 0 Å². The highest BCUT2D eigenvalue weighted by Crippen LogP contribution is 2.31. The van der Waals surface area contributed by atoms with E-state index in [4.69, 9.17) is 9.97 Å². The van der Waals surface area contributed by atoms with Gasteiger partial charge in [0, 0.05) is 21.3 Å². The lowest BCUT2D eigenvalue weighted by Gasteiger charge is -2.12. The van der Waals surface area contributed by atoms with Crippen molar-refractivity contribution in [2.45, 2.75) is 0 Å². The van der Waals surface area contributed by atoms with Gasteiger partial charge in [-0.05, 0) is 46.3 Å². The van der Waals surface area contributed by atoms with Crippen LogP contribution in [0.25, 0.3) is 33.5 Å². The van der Waals surface area contributed by atoms with Crippen LogP contribution in [0.3, 0.4) is 0 Å². The number of carbonyl (C=O) groups is 1. The van der Waals surface area contributed by atoms with Crippen molar-refractivity contribution in [1.29, 1.82) is 0 Å². The van der Waals surface area contributed by atoms with Crippen LogP contribution >= 0.6 is 15.9 Å². The molecule has 4 aromatic carbocycles. The first kappa shape index (κ1) is 20.8. The number of aromatic nitrogens is 2. The maximum Gasteiger partial charge on any atom is 0.323 e. The van der Waals surface area contributed by atoms with E-state index in [0.29, 0.717) is 16.9 Å². The molecule has 0 atom stereocenters. The van der Waals surface area contributed by atoms with Crippen molar-refractivity contribution in [3.63, 3.8) is 0 Å². The Hall–Kier alpha value is -4.03. The monoisotopic (exact) mass is 494 g/mol. The quantitative estimate of drug-likeness (QED) is 0.274. The van der Waals surface area contributed by atoms with E-state index in [0.717, 1.165) is 32.5 Å². The number of anilines is 2. The average Bonchev–Trinajstić information content (AvgIpc) is 2.86. The molecule has 0 unspecified atom stereocenters. The number of halogens is 1. The van der Waals surface area contributed by atoms with Crippen LogP contribution in [-0.2, 0) is 0 Å². The smallest absolute Gasteiger partial charge is 0.308 e. The van der Waals surface area contributed by atoms with E-state index in [-0.39, 0.29) is 6.03 Å². The first-order chi connectivity index (χ1) is 16.2. The summed E-state index contributed by atoms with van der Waals surface area (Å²) in [4.78, 5) is 22.4. The number of amides is 2. The molecule has 5 aromatic rings. The number of para-hydroxylation sites is 1. The van der Waals surface area contributed by atoms with Gasteiger partial charge in [-0.15, -0.1) is 0 Å². The molecule has 0 aliphatic heterocycles. The first-order valence-corrected chi connectivity index (χ1v) is 11.2. The zero-order valence-corrected chi connectivity index (χ0v) is 19.1. The molecule has 1 aromatic heterocycles. The molecular formula is C27H19BrN4O. The fourth-order valence-corrected chi connectivity index (χ4v) is 3.96. The number of fused-ring (bicyclic) bond motifs is 1. The molecule has 6 heteroatoms. The molecule has 1 heterocycles. The van der Waals surface area contributed by atoms with Gasteiger partial charge >= 0.3 is 6.03 Å². The average molecular weight is 495 g/mol. The minimum atomic E-state index is -0.335. The van der Waals surface area contributed by atoms with Gasteiger partial charge in [0.25, 0.3) is 0 Å². The minimum Gasteiger partial charge on any atom is -0.308 e. The molecule has 2 amide bonds. The van der Waals surface area contributed by atoms with Crippen molar-refractivity contribution >= 4 is 44.4 Å². The standard InChI is InChI=1S/C27H19BrN4O/c28-21-13-7-8-14-22(21)32-27(33)29-20-15-16-23-24(17-20)31-26(19-11-5-2-6-12-19)25(30-23)18-9-3-1-4-10-18/h1-17H,(H2,29,32,33). The number of hydrogen-bond acceptors (Lipinski definition) is 3. The number of nitrogens with one attached hydrogen (secondary N) is 2. The molecule has 33 heavy (non-hydrogen) atoms. The summed E-state index contributed by atoms with van der Waals surface area (Å²) in [6.45, 7) is 0. The van der Waals surface area contributed by atoms with Gasteiger partial charge < -0.3 is 10.6 Å². The van der Waals surface area contributed by atoms with Crippen molar-refractivity contribution in [3.05, 3.63) is 108 Å². The van der Waals surface area contributed by atoms with Crippen molar-refractivity contribution < 1.29 is 4.79 Å². The van der Waals surface area contributed by atoms with Crippen molar-refractivity contribution in [3.8, 4) is 22.5 Å². The fraction of sp³-hybridized carbons (Fsp3) is 0. The second kappa shape index (κ2) is 9.22. The Kier molecular flexibility index (Phi) is 5.83. The third-order valence-corrected chi connectivity index (χ3v) is 5.83. The zero-order chi connectivity index (χ0) is 22.6. The van der Waals surface area contributed by atoms with Crippen LogP contribution in [0, 0.1) is 0 Å². The van der Waals surface area contributed by atoms with Crippen molar-refractivity contribution in [2.75, 3.05) is 10.6 Å². The summed E-state index contributed by atoms with van der Waals surface area (Å²) in [5, 5.41) is 5.72. The van der Waals surface area contributed by atoms with Gasteiger partial charge in [-0.2, -0.15) is 0 Å². The van der Waals surface area contributed by atoms with E-state index in [2.05, 4.69) is 26.6 Å². The molecule has 2 N–H and O–H groups in total. The summed E-state index contributed by atoms with van der Waals surface area (Å²) in [6.07, 6.45) is 0. The Balaban J connectivity index is 1.51. The van der Waals surface area contributed by atoms with Crippen LogP contribution in [-0.4, -0.2) is 16.0 Å². The van der Waals surface area contributed by atoms with E-state index in [1.54, 1.807) is 0 Å². The lowest BCUT2D eigenvalue weighted by molar-refractivity contribution is 0.262. The van der Waals surface area contributed by atoms with Gasteiger partial charge in [-0.25, -0.2) is 14.8 Å². The van der Waals surface area contributed by atoms with Crippen LogP contribution in [0.4, 0.5) is 16.2 Å². The number of nitrogens with zero attached hydrogens (tertiary/aromatic N) is 2. The molecule has 0 fully saturated rings. The fourth-order valence-electron chi connectivity index (χ4n) is 3.57. The Morgan fingerprint density at radius 1 is 0.636 bits per heavy atom. The van der Waals surface area contributed by atoms with Crippen molar-refractivity contribution in [2.24, 2.45) is 0 Å². The number of benzene rings is 4. The Morgan fingerprint density at radius 3 is 1.85 bits per heavy atom. The molecule has 5 nitrogen and oxygen atoms in total. The third-order valence-electron chi connectivity index (χ3n) is 5.14. The van der Waals surface area contributed by atoms with Gasteiger partial charge in [0.05, 0.1) is 28.1 Å². The summed E-state index contributed by atoms with van der Waals surface area (Å²) >= 11 is 3.44. The Labute approximate surface area is 199 Å². The van der Waals surface area contributed by atoms with Gasteiger partial charge in [0.2, 0.25) is 0 Å². The molecule has 0 aliphatic rings. The Morgan fingerprint density at radius 2 is 1.21 bits per heavy atom. The van der Waals surface area contributed by atoms with Crippen LogP contribution < -0.4 is 10.6 Å². The van der Waals surface area contributed by atoms with E-state index in [9.17, 15) is 4.79 Å². The van der Waals surface area contributed by atoms with Gasteiger partial charge in [-0.3, -0.25) is 0 Å². The number of rotatable bonds is 4. The van der Waals surface area contributed by atoms with Crippen LogP contribution in [0.1, 0.15) is 0 Å². The molecular weight excluding hydrogens is 476 g/mol. The summed E-state index contributed by atoms with van der Waals surface area (Å²) in [5.41, 5.74) is 6.38. The number of carbonyl (C=O) groups excluding carboxylic acids is 1. The van der Waals surface area contributed by atoms with Gasteiger partial charge in [0.1, 0.15) is 0 Å². The third kappa shape index (κ3) is 4.61. The van der Waals surface area contributed by atoms with Crippen LogP contribution in [0.5, 0.6) is 0 Å². The second-order valence-corrected chi connectivity index (χ2v) is 8.27. The second-order valence-electron chi connectivity index (χ2n) is 7.42. The summed E-state index contributed by atoms with van der Waals surface area (Å²) in [7, 11) is 0. The molecule has 0 saturated carbocycles. The highest BCUT2D eigenvalue weighted by atomic mass is 79.9. The summed E-state index contributed by atoms with van der Waals surface area (Å²) in [6, 6.07) is 32.7. The summed E-state index contributed by atoms with van der Waals surface area (Å²) < 4.78 is 0.811. The highest BCUT2D eigenvalue weighted by molar-refractivity contribution is 9.10. The van der Waals surface area contributed by atoms with E-state index in [1.807, 2.05) is 103 Å². The SMILES string of the molecule is O=C(Nc1ccc2nc(-c3ccccc3)c(-c3ccccc3)nc2c1)Nc1ccccc1Br. The molecule has 0 aliphatic carbocycles. The Bertz CT molecular complexity index is 1440. The molecule has 160 valence electrons. The minimum absolute atomic E-state index is 0.335. The van der Waals surface area contributed by atoms with Crippen LogP contribution in [0.2, 0.25) is 0 Å². The number of urea groups is 1. The van der Waals surface area contributed by atoms with E-state index >= 15 is 0 Å². The molecule has 0 saturated heterocycles. The molecule has 0 bridgehead atoms. The molecule has 0 radical (unpaired) electrons. The first-order valence-electron chi connectivity index (χ1n) is 10.4. The highest BCUT2D eigenvalue weighted by Gasteiger charge is 2.14. The molecule has 5 rings (SSSR count). The lowest BCUT2D eigenvalue weighted by Crippen LogP contribution is -2.19. The summed E-state index contributed by atoms with van der Waals surface area (Å²) in [5.74, 6) is 0. The van der Waals surface area contributed by atoms with Crippen molar-refractivity contribution in [1.82, 2.24) is 9.97 Å². The normalized spacial score (nSPS) is 10.7. The lowest BCUT2D eigenvalue weighted by atomic mass is 10.0. The van der Waals surface area contributed by atoms with Gasteiger partial charge in [0.15, 0.2) is 0 Å². The predicted molar refractivity (Wildman–Crippen MR) is 137 cm³/mol. The molecule has 0 spiro atoms. The van der Waals surface area contributed by atoms with E-state index in [1.165, 1.54) is 0 Å². The zero-order valence-electron chi connectivity index (χ0n) is 17.5.